The van der Waals surface area contributed by atoms with Gasteiger partial charge in [-0.2, -0.15) is 0 Å². The second-order valence-electron chi connectivity index (χ2n) is 4.79. The summed E-state index contributed by atoms with van der Waals surface area (Å²) < 4.78 is 0.883. The molecule has 100 valence electrons. The highest BCUT2D eigenvalue weighted by atomic mass is 79.9. The van der Waals surface area contributed by atoms with Gasteiger partial charge in [-0.15, -0.1) is 0 Å². The molecule has 0 saturated heterocycles. The molecule has 1 atom stereocenters. The van der Waals surface area contributed by atoms with Crippen molar-refractivity contribution >= 4 is 21.6 Å². The van der Waals surface area contributed by atoms with Gasteiger partial charge < -0.3 is 5.32 Å². The molecule has 1 aromatic heterocycles. The molecule has 3 heteroatoms. The van der Waals surface area contributed by atoms with Crippen LogP contribution in [0.15, 0.2) is 47.1 Å². The van der Waals surface area contributed by atoms with Crippen LogP contribution in [0.3, 0.4) is 0 Å². The average Bonchev–Trinajstić information content (AvgIpc) is 2.42. The van der Waals surface area contributed by atoms with Gasteiger partial charge in [0, 0.05) is 6.54 Å². The summed E-state index contributed by atoms with van der Waals surface area (Å²) in [4.78, 5) is 4.38. The molecule has 0 saturated carbocycles. The van der Waals surface area contributed by atoms with Gasteiger partial charge in [-0.3, -0.25) is 0 Å². The van der Waals surface area contributed by atoms with E-state index in [1.807, 2.05) is 13.0 Å². The highest BCUT2D eigenvalue weighted by Gasteiger charge is 2.05. The van der Waals surface area contributed by atoms with Crippen LogP contribution in [0.2, 0.25) is 0 Å². The molecule has 0 fully saturated rings. The van der Waals surface area contributed by atoms with E-state index in [0.29, 0.717) is 5.92 Å². The predicted molar refractivity (Wildman–Crippen MR) is 84.6 cm³/mol. The minimum Gasteiger partial charge on any atom is -0.384 e. The number of aryl methyl sites for hydroxylation is 1. The van der Waals surface area contributed by atoms with Gasteiger partial charge >= 0.3 is 0 Å². The van der Waals surface area contributed by atoms with Crippen LogP contribution in [0, 0.1) is 6.92 Å². The van der Waals surface area contributed by atoms with Crippen LogP contribution >= 0.6 is 15.9 Å². The van der Waals surface area contributed by atoms with Crippen LogP contribution in [0.5, 0.6) is 0 Å². The normalized spacial score (nSPS) is 12.2. The SMILES string of the molecule is Cc1nc(Br)ccc1NCCC(C)c1ccccc1. The fourth-order valence-corrected chi connectivity index (χ4v) is 2.49. The van der Waals surface area contributed by atoms with Gasteiger partial charge in [0.25, 0.3) is 0 Å². The van der Waals surface area contributed by atoms with Crippen molar-refractivity contribution in [2.24, 2.45) is 0 Å². The van der Waals surface area contributed by atoms with Gasteiger partial charge in [-0.25, -0.2) is 4.98 Å². The fraction of sp³-hybridized carbons (Fsp3) is 0.312. The molecule has 0 amide bonds. The van der Waals surface area contributed by atoms with Gasteiger partial charge in [-0.1, -0.05) is 37.3 Å². The lowest BCUT2D eigenvalue weighted by Crippen LogP contribution is -2.07. The molecule has 2 aromatic rings. The largest absolute Gasteiger partial charge is 0.384 e. The minimum absolute atomic E-state index is 0.567. The molecule has 0 radical (unpaired) electrons. The highest BCUT2D eigenvalue weighted by molar-refractivity contribution is 9.10. The summed E-state index contributed by atoms with van der Waals surface area (Å²) in [5.74, 6) is 0.567. The van der Waals surface area contributed by atoms with Crippen molar-refractivity contribution < 1.29 is 0 Å². The van der Waals surface area contributed by atoms with E-state index < -0.39 is 0 Å². The van der Waals surface area contributed by atoms with Crippen molar-refractivity contribution in [3.8, 4) is 0 Å². The predicted octanol–water partition coefficient (Wildman–Crippen LogP) is 4.76. The summed E-state index contributed by atoms with van der Waals surface area (Å²) in [6, 6.07) is 14.7. The van der Waals surface area contributed by atoms with Gasteiger partial charge in [0.05, 0.1) is 11.4 Å². The summed E-state index contributed by atoms with van der Waals surface area (Å²) >= 11 is 3.38. The molecule has 1 unspecified atom stereocenters. The third kappa shape index (κ3) is 4.06. The van der Waals surface area contributed by atoms with Crippen LogP contribution < -0.4 is 5.32 Å². The topological polar surface area (TPSA) is 24.9 Å². The molecule has 0 spiro atoms. The number of halogens is 1. The van der Waals surface area contributed by atoms with Crippen molar-refractivity contribution in [1.29, 1.82) is 0 Å². The fourth-order valence-electron chi connectivity index (χ4n) is 2.09. The van der Waals surface area contributed by atoms with Crippen LogP contribution in [0.25, 0.3) is 0 Å². The molecule has 2 nitrogen and oxygen atoms in total. The number of nitrogens with one attached hydrogen (secondary N) is 1. The van der Waals surface area contributed by atoms with E-state index in [0.717, 1.165) is 29.0 Å². The summed E-state index contributed by atoms with van der Waals surface area (Å²) in [5.41, 5.74) is 3.54. The number of anilines is 1. The number of benzene rings is 1. The molecule has 0 aliphatic heterocycles. The summed E-state index contributed by atoms with van der Waals surface area (Å²) in [6.45, 7) is 5.25. The van der Waals surface area contributed by atoms with Gasteiger partial charge in [-0.05, 0) is 52.9 Å². The Kier molecular flexibility index (Phi) is 4.97. The number of rotatable bonds is 5. The lowest BCUT2D eigenvalue weighted by molar-refractivity contribution is 0.705. The molecular formula is C16H19BrN2. The summed E-state index contributed by atoms with van der Waals surface area (Å²) in [6.07, 6.45) is 1.11. The van der Waals surface area contributed by atoms with E-state index >= 15 is 0 Å². The molecule has 1 N–H and O–H groups in total. The number of pyridine rings is 1. The third-order valence-electron chi connectivity index (χ3n) is 3.31. The monoisotopic (exact) mass is 318 g/mol. The number of nitrogens with zero attached hydrogens (tertiary/aromatic N) is 1. The molecule has 0 aliphatic carbocycles. The Morgan fingerprint density at radius 2 is 1.89 bits per heavy atom. The molecule has 1 aromatic carbocycles. The lowest BCUT2D eigenvalue weighted by atomic mass is 9.98. The molecule has 2 rings (SSSR count). The number of aromatic nitrogens is 1. The molecule has 0 bridgehead atoms. The van der Waals surface area contributed by atoms with E-state index in [4.69, 9.17) is 0 Å². The first kappa shape index (κ1) is 14.1. The first-order valence-electron chi connectivity index (χ1n) is 6.59. The molecular weight excluding hydrogens is 300 g/mol. The Balaban J connectivity index is 1.86. The van der Waals surface area contributed by atoms with E-state index in [-0.39, 0.29) is 0 Å². The summed E-state index contributed by atoms with van der Waals surface area (Å²) in [5, 5.41) is 3.46. The lowest BCUT2D eigenvalue weighted by Gasteiger charge is -2.14. The van der Waals surface area contributed by atoms with Gasteiger partial charge in [0.1, 0.15) is 4.60 Å². The van der Waals surface area contributed by atoms with Crippen molar-refractivity contribution in [2.75, 3.05) is 11.9 Å². The maximum Gasteiger partial charge on any atom is 0.106 e. The third-order valence-corrected chi connectivity index (χ3v) is 3.75. The zero-order chi connectivity index (χ0) is 13.7. The van der Waals surface area contributed by atoms with Crippen molar-refractivity contribution in [1.82, 2.24) is 4.98 Å². The van der Waals surface area contributed by atoms with Crippen molar-refractivity contribution in [2.45, 2.75) is 26.2 Å². The second kappa shape index (κ2) is 6.71. The maximum absolute atomic E-state index is 4.38. The first-order chi connectivity index (χ1) is 9.16. The smallest absolute Gasteiger partial charge is 0.106 e. The number of hydrogen-bond acceptors (Lipinski definition) is 2. The van der Waals surface area contributed by atoms with E-state index in [1.54, 1.807) is 0 Å². The zero-order valence-electron chi connectivity index (χ0n) is 11.4. The van der Waals surface area contributed by atoms with Crippen LogP contribution in [0.4, 0.5) is 5.69 Å². The number of hydrogen-bond donors (Lipinski definition) is 1. The average molecular weight is 319 g/mol. The van der Waals surface area contributed by atoms with Crippen molar-refractivity contribution in [3.63, 3.8) is 0 Å². The van der Waals surface area contributed by atoms with E-state index in [1.165, 1.54) is 5.56 Å². The Bertz CT molecular complexity index is 526. The highest BCUT2D eigenvalue weighted by Crippen LogP contribution is 2.20. The van der Waals surface area contributed by atoms with Crippen LogP contribution in [-0.4, -0.2) is 11.5 Å². The van der Waals surface area contributed by atoms with Gasteiger partial charge in [0.15, 0.2) is 0 Å². The Morgan fingerprint density at radius 1 is 1.16 bits per heavy atom. The molecule has 1 heterocycles. The molecule has 0 aliphatic rings. The standard InChI is InChI=1S/C16H19BrN2/c1-12(14-6-4-3-5-7-14)10-11-18-15-8-9-16(17)19-13(15)2/h3-9,12,18H,10-11H2,1-2H3. The summed E-state index contributed by atoms with van der Waals surface area (Å²) in [7, 11) is 0. The second-order valence-corrected chi connectivity index (χ2v) is 5.61. The minimum atomic E-state index is 0.567. The Labute approximate surface area is 123 Å². The van der Waals surface area contributed by atoms with Crippen LogP contribution in [0.1, 0.15) is 30.5 Å². The van der Waals surface area contributed by atoms with E-state index in [2.05, 4.69) is 69.6 Å². The van der Waals surface area contributed by atoms with Crippen molar-refractivity contribution in [3.05, 3.63) is 58.3 Å². The van der Waals surface area contributed by atoms with E-state index in [9.17, 15) is 0 Å². The molecule has 19 heavy (non-hydrogen) atoms. The maximum atomic E-state index is 4.38. The quantitative estimate of drug-likeness (QED) is 0.804. The van der Waals surface area contributed by atoms with Gasteiger partial charge in [0.2, 0.25) is 0 Å². The zero-order valence-corrected chi connectivity index (χ0v) is 12.9. The Morgan fingerprint density at radius 3 is 2.58 bits per heavy atom. The first-order valence-corrected chi connectivity index (χ1v) is 7.38. The van der Waals surface area contributed by atoms with Crippen LogP contribution in [-0.2, 0) is 0 Å². The Hall–Kier alpha value is -1.35.